The third-order valence-electron chi connectivity index (χ3n) is 13.2. The van der Waals surface area contributed by atoms with E-state index in [1.807, 2.05) is 51.3 Å². The smallest absolute Gasteiger partial charge is 0.411 e. The monoisotopic (exact) mass is 862 g/mol. The lowest BCUT2D eigenvalue weighted by Crippen LogP contribution is -2.43. The highest BCUT2D eigenvalue weighted by Crippen LogP contribution is 2.46. The lowest BCUT2D eigenvalue weighted by Gasteiger charge is -2.33. The zero-order valence-electron chi connectivity index (χ0n) is 38.0. The Balaban J connectivity index is 0.806. The van der Waals surface area contributed by atoms with Gasteiger partial charge in [-0.25, -0.2) is 19.6 Å². The summed E-state index contributed by atoms with van der Waals surface area (Å²) in [6.45, 7) is 14.2. The molecule has 2 fully saturated rings. The molecule has 8 aromatic rings. The number of likely N-dealkylation sites (tertiary alicyclic amines) is 2. The van der Waals surface area contributed by atoms with Crippen molar-refractivity contribution in [3.05, 3.63) is 133 Å². The average molecular weight is 863 g/mol. The third kappa shape index (κ3) is 7.68. The van der Waals surface area contributed by atoms with Crippen molar-refractivity contribution in [2.75, 3.05) is 6.54 Å². The molecule has 0 saturated carbocycles. The molecule has 65 heavy (non-hydrogen) atoms. The van der Waals surface area contributed by atoms with E-state index in [9.17, 15) is 9.59 Å². The molecule has 4 heterocycles. The van der Waals surface area contributed by atoms with Crippen LogP contribution >= 0.6 is 0 Å². The van der Waals surface area contributed by atoms with Gasteiger partial charge in [-0.05, 0) is 164 Å². The highest BCUT2D eigenvalue weighted by molar-refractivity contribution is 5.95. The predicted octanol–water partition coefficient (Wildman–Crippen LogP) is 13.3. The summed E-state index contributed by atoms with van der Waals surface area (Å²) in [6, 6.07) is 39.1. The molecule has 1 aliphatic carbocycles. The van der Waals surface area contributed by atoms with Crippen LogP contribution in [-0.2, 0) is 9.47 Å². The average Bonchev–Trinajstić information content (AvgIpc) is 4.04. The molecule has 11 rings (SSSR count). The number of nitrogens with one attached hydrogen (secondary N) is 2. The van der Waals surface area contributed by atoms with E-state index in [4.69, 9.17) is 19.4 Å². The Morgan fingerprint density at radius 2 is 0.985 bits per heavy atom. The number of benzene rings is 6. The Morgan fingerprint density at radius 1 is 0.554 bits per heavy atom. The summed E-state index contributed by atoms with van der Waals surface area (Å²) in [5.41, 5.74) is 9.33. The number of H-pyrrole nitrogens is 2. The number of ether oxygens (including phenoxy) is 2. The van der Waals surface area contributed by atoms with Gasteiger partial charge in [-0.3, -0.25) is 9.80 Å². The molecule has 2 N–H and O–H groups in total. The van der Waals surface area contributed by atoms with Crippen LogP contribution in [0.5, 0.6) is 0 Å². The maximum atomic E-state index is 13.3. The van der Waals surface area contributed by atoms with Crippen LogP contribution in [0.4, 0.5) is 9.59 Å². The molecule has 5 atom stereocenters. The second-order valence-electron chi connectivity index (χ2n) is 20.4. The number of aromatic nitrogens is 4. The second kappa shape index (κ2) is 15.1. The minimum atomic E-state index is -0.571. The van der Waals surface area contributed by atoms with Gasteiger partial charge in [0.15, 0.2) is 0 Å². The SMILES string of the molecule is CC1CC(c2nc3ccc(-c4ccc5cc(-c6ccc7cc(-c8ccc9nc(C%10CC%11C=CC%11N%10C(=O)OC(C)(C)C)[nH]c9c8)ccc7c6)ccc5c4)cc3[nH]2)N(C(=O)OC(C)(C)C)C1. The number of aromatic amines is 2. The first-order valence-corrected chi connectivity index (χ1v) is 22.9. The van der Waals surface area contributed by atoms with Crippen LogP contribution in [0, 0.1) is 11.8 Å². The first kappa shape index (κ1) is 40.8. The summed E-state index contributed by atoms with van der Waals surface area (Å²) >= 11 is 0. The van der Waals surface area contributed by atoms with Crippen molar-refractivity contribution in [2.24, 2.45) is 11.8 Å². The van der Waals surface area contributed by atoms with Crippen molar-refractivity contribution in [2.45, 2.75) is 90.6 Å². The molecule has 3 aliphatic rings. The maximum Gasteiger partial charge on any atom is 0.411 e. The van der Waals surface area contributed by atoms with Gasteiger partial charge < -0.3 is 19.4 Å². The minimum Gasteiger partial charge on any atom is -0.444 e. The van der Waals surface area contributed by atoms with Crippen LogP contribution in [0.25, 0.3) is 77.0 Å². The van der Waals surface area contributed by atoms with Crippen molar-refractivity contribution in [3.8, 4) is 33.4 Å². The second-order valence-corrected chi connectivity index (χ2v) is 20.4. The van der Waals surface area contributed by atoms with Crippen molar-refractivity contribution < 1.29 is 19.1 Å². The fraction of sp³-hybridized carbons (Fsp3) is 0.309. The zero-order chi connectivity index (χ0) is 44.9. The normalized spacial score (nSPS) is 20.8. The highest BCUT2D eigenvalue weighted by Gasteiger charge is 2.48. The summed E-state index contributed by atoms with van der Waals surface area (Å²) in [4.78, 5) is 47.2. The Hall–Kier alpha value is -6.94. The molecule has 2 amide bonds. The number of rotatable bonds is 5. The van der Waals surface area contributed by atoms with E-state index < -0.39 is 11.2 Å². The number of hydrogen-bond acceptors (Lipinski definition) is 6. The van der Waals surface area contributed by atoms with E-state index in [0.29, 0.717) is 18.4 Å². The van der Waals surface area contributed by atoms with Crippen molar-refractivity contribution in [1.82, 2.24) is 29.7 Å². The first-order chi connectivity index (χ1) is 31.1. The van der Waals surface area contributed by atoms with Gasteiger partial charge in [0, 0.05) is 12.5 Å². The molecule has 10 nitrogen and oxygen atoms in total. The van der Waals surface area contributed by atoms with E-state index in [-0.39, 0.29) is 30.3 Å². The molecule has 5 unspecified atom stereocenters. The van der Waals surface area contributed by atoms with Crippen LogP contribution in [0.15, 0.2) is 121 Å². The van der Waals surface area contributed by atoms with Crippen LogP contribution in [0.2, 0.25) is 0 Å². The van der Waals surface area contributed by atoms with Gasteiger partial charge in [-0.1, -0.05) is 79.7 Å². The van der Waals surface area contributed by atoms with Gasteiger partial charge >= 0.3 is 12.2 Å². The number of hydrogen-bond donors (Lipinski definition) is 2. The number of imidazole rings is 2. The summed E-state index contributed by atoms with van der Waals surface area (Å²) in [5, 5.41) is 4.69. The molecule has 328 valence electrons. The van der Waals surface area contributed by atoms with Crippen molar-refractivity contribution in [1.29, 1.82) is 0 Å². The molecule has 2 aliphatic heterocycles. The van der Waals surface area contributed by atoms with Crippen LogP contribution in [0.1, 0.15) is 85.0 Å². The van der Waals surface area contributed by atoms with Gasteiger partial charge in [0.25, 0.3) is 0 Å². The van der Waals surface area contributed by atoms with E-state index in [0.717, 1.165) is 68.8 Å². The van der Waals surface area contributed by atoms with Gasteiger partial charge in [0.2, 0.25) is 0 Å². The van der Waals surface area contributed by atoms with Crippen LogP contribution < -0.4 is 0 Å². The number of nitrogens with zero attached hydrogens (tertiary/aromatic N) is 4. The molecule has 2 saturated heterocycles. The lowest BCUT2D eigenvalue weighted by atomic mass is 9.89. The van der Waals surface area contributed by atoms with Gasteiger partial charge in [0.1, 0.15) is 22.9 Å². The zero-order valence-corrected chi connectivity index (χ0v) is 38.0. The number of carbonyl (C=O) groups excluding carboxylic acids is 2. The lowest BCUT2D eigenvalue weighted by molar-refractivity contribution is 0.0155. The largest absolute Gasteiger partial charge is 0.444 e. The van der Waals surface area contributed by atoms with Crippen LogP contribution in [-0.4, -0.2) is 65.7 Å². The molecule has 2 aromatic heterocycles. The molecule has 6 aromatic carbocycles. The molecule has 10 heteroatoms. The number of carbonyl (C=O) groups is 2. The molecule has 0 spiro atoms. The minimum absolute atomic E-state index is 0.0480. The fourth-order valence-electron chi connectivity index (χ4n) is 10.0. The predicted molar refractivity (Wildman–Crippen MR) is 258 cm³/mol. The van der Waals surface area contributed by atoms with E-state index in [2.05, 4.69) is 138 Å². The summed E-state index contributed by atoms with van der Waals surface area (Å²) in [5.74, 6) is 2.28. The van der Waals surface area contributed by atoms with Crippen molar-refractivity contribution in [3.63, 3.8) is 0 Å². The molecule has 0 radical (unpaired) electrons. The summed E-state index contributed by atoms with van der Waals surface area (Å²) in [6.07, 6.45) is 5.36. The molecule has 0 bridgehead atoms. The van der Waals surface area contributed by atoms with Crippen molar-refractivity contribution >= 4 is 55.8 Å². The Kier molecular flexibility index (Phi) is 9.47. The molecular formula is C55H54N6O4. The van der Waals surface area contributed by atoms with Gasteiger partial charge in [0.05, 0.1) is 40.2 Å². The highest BCUT2D eigenvalue weighted by atomic mass is 16.6. The van der Waals surface area contributed by atoms with E-state index >= 15 is 0 Å². The number of fused-ring (bicyclic) bond motifs is 5. The Morgan fingerprint density at radius 3 is 1.43 bits per heavy atom. The maximum absolute atomic E-state index is 13.3. The Labute approximate surface area is 378 Å². The summed E-state index contributed by atoms with van der Waals surface area (Å²) < 4.78 is 11.6. The molecular weight excluding hydrogens is 809 g/mol. The fourth-order valence-corrected chi connectivity index (χ4v) is 10.0. The van der Waals surface area contributed by atoms with Gasteiger partial charge in [-0.15, -0.1) is 0 Å². The standard InChI is InChI=1S/C55H54N6O4/c1-31-22-48(60(30-31)52(62)64-54(2,3)4)50-56-43-19-16-40(27-45(43)58-50)38-14-12-34-23-32(8-10-36(34)25-38)33-9-11-37-26-39(15-13-35(37)24-33)41-17-20-44-46(28-41)59-51(57-44)49-29-42-18-21-47(42)61(49)53(63)65-55(5,6)7/h8-21,23-28,31,42,47-49H,22,29-30H2,1-7H3,(H,56,58)(H,57,59). The topological polar surface area (TPSA) is 116 Å². The van der Waals surface area contributed by atoms with Crippen LogP contribution in [0.3, 0.4) is 0 Å². The van der Waals surface area contributed by atoms with E-state index in [1.54, 1.807) is 0 Å². The summed E-state index contributed by atoms with van der Waals surface area (Å²) in [7, 11) is 0. The quantitative estimate of drug-likeness (QED) is 0.166. The first-order valence-electron chi connectivity index (χ1n) is 22.9. The third-order valence-corrected chi connectivity index (χ3v) is 13.2. The van der Waals surface area contributed by atoms with Gasteiger partial charge in [-0.2, -0.15) is 0 Å². The Bertz CT molecular complexity index is 3240. The van der Waals surface area contributed by atoms with E-state index in [1.165, 1.54) is 32.7 Å². The number of amides is 2.